The van der Waals surface area contributed by atoms with Gasteiger partial charge in [0.15, 0.2) is 0 Å². The smallest absolute Gasteiger partial charge is 0.0563 e. The molecule has 1 aromatic rings. The molecule has 2 rings (SSSR count). The lowest BCUT2D eigenvalue weighted by molar-refractivity contribution is 0.125. The van der Waals surface area contributed by atoms with E-state index in [1.807, 2.05) is 0 Å². The number of rotatable bonds is 4. The van der Waals surface area contributed by atoms with Crippen LogP contribution in [0.4, 0.5) is 0 Å². The average molecular weight is 255 g/mol. The maximum atomic E-state index is 5.55. The fourth-order valence-electron chi connectivity index (χ4n) is 1.83. The average Bonchev–Trinajstić information content (AvgIpc) is 2.97. The zero-order valence-corrected chi connectivity index (χ0v) is 10.0. The molecule has 1 aliphatic rings. The van der Waals surface area contributed by atoms with Crippen LogP contribution in [0.5, 0.6) is 0 Å². The Kier molecular flexibility index (Phi) is 2.93. The van der Waals surface area contributed by atoms with Gasteiger partial charge in [-0.2, -0.15) is 0 Å². The van der Waals surface area contributed by atoms with E-state index < -0.39 is 0 Å². The predicted octanol–water partition coefficient (Wildman–Crippen LogP) is 3.52. The third-order valence-electron chi connectivity index (χ3n) is 2.88. The highest BCUT2D eigenvalue weighted by atomic mass is 79.9. The van der Waals surface area contributed by atoms with E-state index in [9.17, 15) is 0 Å². The Labute approximate surface area is 93.6 Å². The number of hydrogen-bond acceptors (Lipinski definition) is 1. The van der Waals surface area contributed by atoms with Crippen molar-refractivity contribution in [3.63, 3.8) is 0 Å². The minimum atomic E-state index is 0.316. The highest BCUT2D eigenvalue weighted by Crippen LogP contribution is 2.50. The van der Waals surface area contributed by atoms with Crippen LogP contribution < -0.4 is 0 Å². The summed E-state index contributed by atoms with van der Waals surface area (Å²) in [4.78, 5) is 0. The van der Waals surface area contributed by atoms with Crippen LogP contribution in [0, 0.1) is 0 Å². The number of benzene rings is 1. The highest BCUT2D eigenvalue weighted by molar-refractivity contribution is 9.10. The molecule has 0 aliphatic heterocycles. The van der Waals surface area contributed by atoms with E-state index in [0.29, 0.717) is 5.41 Å². The van der Waals surface area contributed by atoms with Gasteiger partial charge in [-0.1, -0.05) is 34.1 Å². The Hall–Kier alpha value is -0.340. The summed E-state index contributed by atoms with van der Waals surface area (Å²) in [6.07, 6.45) is 2.52. The maximum Gasteiger partial charge on any atom is 0.0563 e. The Bertz CT molecular complexity index is 318. The fourth-order valence-corrected chi connectivity index (χ4v) is 2.54. The van der Waals surface area contributed by atoms with Crippen LogP contribution in [-0.2, 0) is 10.2 Å². The third-order valence-corrected chi connectivity index (χ3v) is 3.57. The van der Waals surface area contributed by atoms with Gasteiger partial charge in [0.1, 0.15) is 0 Å². The lowest BCUT2D eigenvalue weighted by atomic mass is 9.97. The van der Waals surface area contributed by atoms with Crippen molar-refractivity contribution in [2.75, 3.05) is 13.2 Å². The van der Waals surface area contributed by atoms with Gasteiger partial charge in [0.05, 0.1) is 6.61 Å². The summed E-state index contributed by atoms with van der Waals surface area (Å²) in [7, 11) is 0. The number of hydrogen-bond donors (Lipinski definition) is 0. The van der Waals surface area contributed by atoms with E-state index in [-0.39, 0.29) is 0 Å². The standard InChI is InChI=1S/C12H15BrO/c1-2-14-9-12(7-8-12)10-5-3-4-6-11(10)13/h3-6H,2,7-9H2,1H3. The van der Waals surface area contributed by atoms with Crippen molar-refractivity contribution in [2.24, 2.45) is 0 Å². The molecule has 0 N–H and O–H groups in total. The topological polar surface area (TPSA) is 9.23 Å². The largest absolute Gasteiger partial charge is 0.381 e. The molecule has 0 bridgehead atoms. The highest BCUT2D eigenvalue weighted by Gasteiger charge is 2.45. The predicted molar refractivity (Wildman–Crippen MR) is 61.5 cm³/mol. The van der Waals surface area contributed by atoms with Gasteiger partial charge in [-0.3, -0.25) is 0 Å². The first kappa shape index (κ1) is 10.2. The minimum absolute atomic E-state index is 0.316. The van der Waals surface area contributed by atoms with Gasteiger partial charge in [-0.25, -0.2) is 0 Å². The van der Waals surface area contributed by atoms with Crippen LogP contribution in [0.3, 0.4) is 0 Å². The van der Waals surface area contributed by atoms with Gasteiger partial charge in [0, 0.05) is 16.5 Å². The van der Waals surface area contributed by atoms with E-state index in [2.05, 4.69) is 47.1 Å². The number of halogens is 1. The Morgan fingerprint density at radius 1 is 1.36 bits per heavy atom. The van der Waals surface area contributed by atoms with Crippen LogP contribution in [0.2, 0.25) is 0 Å². The third kappa shape index (κ3) is 1.86. The summed E-state index contributed by atoms with van der Waals surface area (Å²) in [5, 5.41) is 0. The Balaban J connectivity index is 2.18. The zero-order chi connectivity index (χ0) is 10.0. The van der Waals surface area contributed by atoms with Gasteiger partial charge in [-0.15, -0.1) is 0 Å². The quantitative estimate of drug-likeness (QED) is 0.799. The van der Waals surface area contributed by atoms with Crippen LogP contribution in [0.25, 0.3) is 0 Å². The summed E-state index contributed by atoms with van der Waals surface area (Å²) >= 11 is 3.61. The molecule has 0 aromatic heterocycles. The molecule has 1 aromatic carbocycles. The summed E-state index contributed by atoms with van der Waals surface area (Å²) in [5.41, 5.74) is 1.73. The SMILES string of the molecule is CCOCC1(c2ccccc2Br)CC1. The van der Waals surface area contributed by atoms with Crippen LogP contribution in [0.15, 0.2) is 28.7 Å². The zero-order valence-electron chi connectivity index (χ0n) is 8.42. The van der Waals surface area contributed by atoms with E-state index in [1.165, 1.54) is 22.9 Å². The van der Waals surface area contributed by atoms with Crippen molar-refractivity contribution in [1.82, 2.24) is 0 Å². The molecule has 0 heterocycles. The van der Waals surface area contributed by atoms with Crippen LogP contribution in [0.1, 0.15) is 25.3 Å². The second-order valence-electron chi connectivity index (χ2n) is 3.90. The lowest BCUT2D eigenvalue weighted by Crippen LogP contribution is -2.15. The van der Waals surface area contributed by atoms with E-state index in [0.717, 1.165) is 13.2 Å². The fraction of sp³-hybridized carbons (Fsp3) is 0.500. The summed E-state index contributed by atoms with van der Waals surface area (Å²) in [6.45, 7) is 3.73. The monoisotopic (exact) mass is 254 g/mol. The molecule has 1 saturated carbocycles. The van der Waals surface area contributed by atoms with Crippen molar-refractivity contribution in [2.45, 2.75) is 25.2 Å². The molecule has 2 heteroatoms. The molecule has 1 fully saturated rings. The first-order chi connectivity index (χ1) is 6.78. The number of ether oxygens (including phenoxy) is 1. The summed E-state index contributed by atoms with van der Waals surface area (Å²) < 4.78 is 6.77. The molecular formula is C12H15BrO. The van der Waals surface area contributed by atoms with E-state index >= 15 is 0 Å². The van der Waals surface area contributed by atoms with Crippen LogP contribution >= 0.6 is 15.9 Å². The van der Waals surface area contributed by atoms with Gasteiger partial charge in [0.2, 0.25) is 0 Å². The molecule has 0 unspecified atom stereocenters. The second kappa shape index (κ2) is 4.03. The Morgan fingerprint density at radius 2 is 2.07 bits per heavy atom. The van der Waals surface area contributed by atoms with E-state index in [4.69, 9.17) is 4.74 Å². The first-order valence-corrected chi connectivity index (χ1v) is 5.90. The summed E-state index contributed by atoms with van der Waals surface area (Å²) in [6, 6.07) is 8.48. The maximum absolute atomic E-state index is 5.55. The van der Waals surface area contributed by atoms with Gasteiger partial charge >= 0.3 is 0 Å². The van der Waals surface area contributed by atoms with Crippen molar-refractivity contribution in [3.05, 3.63) is 34.3 Å². The molecule has 0 amide bonds. The molecule has 1 aliphatic carbocycles. The second-order valence-corrected chi connectivity index (χ2v) is 4.75. The molecule has 0 saturated heterocycles. The molecule has 0 radical (unpaired) electrons. The molecule has 14 heavy (non-hydrogen) atoms. The normalized spacial score (nSPS) is 18.1. The molecule has 0 spiro atoms. The van der Waals surface area contributed by atoms with Crippen molar-refractivity contribution >= 4 is 15.9 Å². The van der Waals surface area contributed by atoms with Gasteiger partial charge < -0.3 is 4.74 Å². The van der Waals surface area contributed by atoms with Crippen molar-refractivity contribution < 1.29 is 4.74 Å². The molecular weight excluding hydrogens is 240 g/mol. The van der Waals surface area contributed by atoms with Gasteiger partial charge in [0.25, 0.3) is 0 Å². The van der Waals surface area contributed by atoms with Crippen molar-refractivity contribution in [3.8, 4) is 0 Å². The van der Waals surface area contributed by atoms with E-state index in [1.54, 1.807) is 0 Å². The molecule has 0 atom stereocenters. The van der Waals surface area contributed by atoms with Crippen LogP contribution in [-0.4, -0.2) is 13.2 Å². The molecule has 76 valence electrons. The lowest BCUT2D eigenvalue weighted by Gasteiger charge is -2.16. The summed E-state index contributed by atoms with van der Waals surface area (Å²) in [5.74, 6) is 0. The minimum Gasteiger partial charge on any atom is -0.381 e. The first-order valence-electron chi connectivity index (χ1n) is 5.11. The Morgan fingerprint density at radius 3 is 2.64 bits per heavy atom. The molecule has 1 nitrogen and oxygen atoms in total. The van der Waals surface area contributed by atoms with Gasteiger partial charge in [-0.05, 0) is 31.4 Å². The van der Waals surface area contributed by atoms with Crippen molar-refractivity contribution in [1.29, 1.82) is 0 Å².